The number of Topliss-reactive ketones (excluding diaryl/α,β-unsaturated/α-hetero) is 1. The van der Waals surface area contributed by atoms with E-state index in [1.165, 1.54) is 13.0 Å². The van der Waals surface area contributed by atoms with Gasteiger partial charge in [-0.05, 0) is 36.1 Å². The lowest BCUT2D eigenvalue weighted by Gasteiger charge is -2.19. The van der Waals surface area contributed by atoms with Gasteiger partial charge in [0, 0.05) is 5.56 Å². The Balaban J connectivity index is 2.11. The molecule has 6 heteroatoms. The molecule has 1 atom stereocenters. The molecular formula is C21H21F3O3. The minimum atomic E-state index is -4.56. The highest BCUT2D eigenvalue weighted by Gasteiger charge is 2.31. The van der Waals surface area contributed by atoms with Crippen LogP contribution in [0.4, 0.5) is 13.2 Å². The molecule has 0 aliphatic rings. The molecule has 0 unspecified atom stereocenters. The Hall–Kier alpha value is -2.63. The number of carbonyl (C=O) groups is 2. The summed E-state index contributed by atoms with van der Waals surface area (Å²) in [5, 5.41) is 0. The molecule has 0 aliphatic carbocycles. The molecule has 144 valence electrons. The maximum absolute atomic E-state index is 12.8. The van der Waals surface area contributed by atoms with Gasteiger partial charge in [0.15, 0.2) is 6.10 Å². The van der Waals surface area contributed by atoms with Crippen LogP contribution >= 0.6 is 0 Å². The molecular weight excluding hydrogens is 357 g/mol. The number of halogens is 3. The number of benzene rings is 2. The van der Waals surface area contributed by atoms with Crippen LogP contribution in [-0.2, 0) is 16.3 Å². The maximum Gasteiger partial charge on any atom is 0.416 e. The molecule has 0 saturated carbocycles. The molecule has 2 aromatic rings. The van der Waals surface area contributed by atoms with E-state index >= 15 is 0 Å². The van der Waals surface area contributed by atoms with Gasteiger partial charge in [-0.1, -0.05) is 51.1 Å². The zero-order chi connectivity index (χ0) is 20.4. The predicted molar refractivity (Wildman–Crippen MR) is 95.8 cm³/mol. The number of rotatable bonds is 4. The van der Waals surface area contributed by atoms with Crippen molar-refractivity contribution in [3.05, 3.63) is 70.8 Å². The predicted octanol–water partition coefficient (Wildman–Crippen LogP) is 5.43. The molecule has 27 heavy (non-hydrogen) atoms. The van der Waals surface area contributed by atoms with E-state index in [0.717, 1.165) is 17.7 Å². The average Bonchev–Trinajstić information content (AvgIpc) is 2.59. The lowest BCUT2D eigenvalue weighted by atomic mass is 9.86. The van der Waals surface area contributed by atoms with Crippen LogP contribution in [-0.4, -0.2) is 17.9 Å². The molecule has 0 heterocycles. The van der Waals surface area contributed by atoms with E-state index in [4.69, 9.17) is 4.74 Å². The number of alkyl halides is 3. The zero-order valence-corrected chi connectivity index (χ0v) is 15.6. The van der Waals surface area contributed by atoms with E-state index in [-0.39, 0.29) is 11.0 Å². The fourth-order valence-corrected chi connectivity index (χ4v) is 2.47. The van der Waals surface area contributed by atoms with Crippen molar-refractivity contribution in [2.24, 2.45) is 0 Å². The van der Waals surface area contributed by atoms with Gasteiger partial charge in [-0.3, -0.25) is 4.79 Å². The molecule has 2 aromatic carbocycles. The quantitative estimate of drug-likeness (QED) is 0.526. The third-order valence-corrected chi connectivity index (χ3v) is 4.11. The minimum Gasteiger partial charge on any atom is -0.451 e. The van der Waals surface area contributed by atoms with E-state index in [0.29, 0.717) is 11.6 Å². The molecule has 0 bridgehead atoms. The van der Waals surface area contributed by atoms with Crippen molar-refractivity contribution in [3.63, 3.8) is 0 Å². The number of ether oxygens (including phenoxy) is 1. The first-order chi connectivity index (χ1) is 12.4. The summed E-state index contributed by atoms with van der Waals surface area (Å²) in [7, 11) is 0. The first kappa shape index (κ1) is 20.7. The van der Waals surface area contributed by atoms with Crippen molar-refractivity contribution < 1.29 is 27.5 Å². The number of hydrogen-bond acceptors (Lipinski definition) is 3. The topological polar surface area (TPSA) is 43.4 Å². The van der Waals surface area contributed by atoms with Crippen molar-refractivity contribution in [1.82, 2.24) is 0 Å². The fraction of sp³-hybridized carbons (Fsp3) is 0.333. The summed E-state index contributed by atoms with van der Waals surface area (Å²) in [5.41, 5.74) is 0.143. The lowest BCUT2D eigenvalue weighted by molar-refractivity contribution is -0.137. The van der Waals surface area contributed by atoms with Crippen molar-refractivity contribution in [2.45, 2.75) is 45.4 Å². The Bertz CT molecular complexity index is 831. The number of esters is 1. The highest BCUT2D eigenvalue weighted by Crippen LogP contribution is 2.29. The molecule has 0 N–H and O–H groups in total. The van der Waals surface area contributed by atoms with Gasteiger partial charge in [0.2, 0.25) is 5.78 Å². The summed E-state index contributed by atoms with van der Waals surface area (Å²) >= 11 is 0. The van der Waals surface area contributed by atoms with Gasteiger partial charge in [-0.2, -0.15) is 13.2 Å². The van der Waals surface area contributed by atoms with Gasteiger partial charge in [0.1, 0.15) is 0 Å². The van der Waals surface area contributed by atoms with Crippen molar-refractivity contribution in [1.29, 1.82) is 0 Å². The third kappa shape index (κ3) is 5.18. The lowest BCUT2D eigenvalue weighted by Crippen LogP contribution is -2.25. The van der Waals surface area contributed by atoms with Gasteiger partial charge in [0.25, 0.3) is 0 Å². The molecule has 0 spiro atoms. The monoisotopic (exact) mass is 378 g/mol. The Kier molecular flexibility index (Phi) is 5.78. The van der Waals surface area contributed by atoms with Gasteiger partial charge in [0.05, 0.1) is 11.1 Å². The second-order valence-electron chi connectivity index (χ2n) is 7.32. The second-order valence-corrected chi connectivity index (χ2v) is 7.32. The van der Waals surface area contributed by atoms with E-state index in [1.807, 2.05) is 32.9 Å². The molecule has 3 nitrogen and oxygen atoms in total. The smallest absolute Gasteiger partial charge is 0.416 e. The van der Waals surface area contributed by atoms with Gasteiger partial charge in [-0.15, -0.1) is 0 Å². The highest BCUT2D eigenvalue weighted by molar-refractivity contribution is 6.01. The summed E-state index contributed by atoms with van der Waals surface area (Å²) in [6.07, 6.45) is -5.68. The van der Waals surface area contributed by atoms with Crippen molar-refractivity contribution in [2.75, 3.05) is 0 Å². The van der Waals surface area contributed by atoms with Crippen LogP contribution in [0.3, 0.4) is 0 Å². The standard InChI is InChI=1S/C21H21F3O3/c1-13(18(25)14-8-10-16(11-9-14)20(2,3)4)27-19(26)15-6-5-7-17(12-15)21(22,23)24/h5-13H,1-4H3/t13-/m1/s1. The van der Waals surface area contributed by atoms with Crippen LogP contribution in [0.2, 0.25) is 0 Å². The van der Waals surface area contributed by atoms with E-state index < -0.39 is 29.6 Å². The maximum atomic E-state index is 12.8. The van der Waals surface area contributed by atoms with Gasteiger partial charge < -0.3 is 4.74 Å². The van der Waals surface area contributed by atoms with Gasteiger partial charge >= 0.3 is 12.1 Å². The Morgan fingerprint density at radius 2 is 1.48 bits per heavy atom. The molecule has 0 amide bonds. The van der Waals surface area contributed by atoms with Crippen molar-refractivity contribution >= 4 is 11.8 Å². The number of ketones is 1. The summed E-state index contributed by atoms with van der Waals surface area (Å²) in [4.78, 5) is 24.6. The average molecular weight is 378 g/mol. The largest absolute Gasteiger partial charge is 0.451 e. The number of carbonyl (C=O) groups excluding carboxylic acids is 2. The first-order valence-corrected chi connectivity index (χ1v) is 8.42. The second kappa shape index (κ2) is 7.55. The van der Waals surface area contributed by atoms with Crippen LogP contribution in [0.25, 0.3) is 0 Å². The van der Waals surface area contributed by atoms with Crippen LogP contribution in [0.15, 0.2) is 48.5 Å². The molecule has 0 aliphatic heterocycles. The minimum absolute atomic E-state index is 0.0663. The SMILES string of the molecule is C[C@@H](OC(=O)c1cccc(C(F)(F)F)c1)C(=O)c1ccc(C(C)(C)C)cc1. The molecule has 0 fully saturated rings. The number of hydrogen-bond donors (Lipinski definition) is 0. The van der Waals surface area contributed by atoms with Crippen LogP contribution in [0.5, 0.6) is 0 Å². The highest BCUT2D eigenvalue weighted by atomic mass is 19.4. The zero-order valence-electron chi connectivity index (χ0n) is 15.6. The summed E-state index contributed by atoms with van der Waals surface area (Å²) in [6, 6.07) is 10.9. The Morgan fingerprint density at radius 3 is 2.00 bits per heavy atom. The van der Waals surface area contributed by atoms with E-state index in [2.05, 4.69) is 0 Å². The van der Waals surface area contributed by atoms with Crippen LogP contribution in [0.1, 0.15) is 59.5 Å². The van der Waals surface area contributed by atoms with E-state index in [9.17, 15) is 22.8 Å². The van der Waals surface area contributed by atoms with Crippen molar-refractivity contribution in [3.8, 4) is 0 Å². The van der Waals surface area contributed by atoms with Crippen LogP contribution in [0, 0.1) is 0 Å². The van der Waals surface area contributed by atoms with Crippen LogP contribution < -0.4 is 0 Å². The third-order valence-electron chi connectivity index (χ3n) is 4.11. The van der Waals surface area contributed by atoms with Gasteiger partial charge in [-0.25, -0.2) is 4.79 Å². The molecule has 0 saturated heterocycles. The summed E-state index contributed by atoms with van der Waals surface area (Å²) in [6.45, 7) is 7.53. The molecule has 0 radical (unpaired) electrons. The fourth-order valence-electron chi connectivity index (χ4n) is 2.47. The molecule has 0 aromatic heterocycles. The van der Waals surface area contributed by atoms with E-state index in [1.54, 1.807) is 12.1 Å². The molecule has 2 rings (SSSR count). The summed E-state index contributed by atoms with van der Waals surface area (Å²) < 4.78 is 43.3. The summed E-state index contributed by atoms with van der Waals surface area (Å²) in [5.74, 6) is -1.40. The Labute approximate surface area is 156 Å². The first-order valence-electron chi connectivity index (χ1n) is 8.42. The Morgan fingerprint density at radius 1 is 0.889 bits per heavy atom. The normalized spacial score (nSPS) is 13.1.